The van der Waals surface area contributed by atoms with E-state index < -0.39 is 10.0 Å². The van der Waals surface area contributed by atoms with Crippen LogP contribution in [-0.4, -0.2) is 36.2 Å². The van der Waals surface area contributed by atoms with Gasteiger partial charge in [-0.3, -0.25) is 9.71 Å². The van der Waals surface area contributed by atoms with Crippen molar-refractivity contribution in [2.75, 3.05) is 17.6 Å². The van der Waals surface area contributed by atoms with E-state index in [2.05, 4.69) is 19.7 Å². The summed E-state index contributed by atoms with van der Waals surface area (Å²) in [5.41, 5.74) is 6.90. The van der Waals surface area contributed by atoms with Gasteiger partial charge in [-0.15, -0.1) is 11.8 Å². The SMILES string of the molecule is COc1nc(SCC(N)c2ccccn2)cnc1NS(=O)(=O)c1cccc(Cl)c1Cl. The van der Waals surface area contributed by atoms with Gasteiger partial charge >= 0.3 is 0 Å². The Kier molecular flexibility index (Phi) is 7.37. The van der Waals surface area contributed by atoms with Crippen LogP contribution in [0.5, 0.6) is 5.88 Å². The summed E-state index contributed by atoms with van der Waals surface area (Å²) >= 11 is 13.3. The summed E-state index contributed by atoms with van der Waals surface area (Å²) in [6.07, 6.45) is 3.10. The lowest BCUT2D eigenvalue weighted by molar-refractivity contribution is 0.394. The fraction of sp³-hybridized carbons (Fsp3) is 0.167. The van der Waals surface area contributed by atoms with Gasteiger partial charge in [-0.25, -0.2) is 18.4 Å². The molecule has 0 bridgehead atoms. The van der Waals surface area contributed by atoms with Crippen molar-refractivity contribution in [1.29, 1.82) is 0 Å². The highest BCUT2D eigenvalue weighted by molar-refractivity contribution is 7.99. The van der Waals surface area contributed by atoms with Crippen molar-refractivity contribution in [3.63, 3.8) is 0 Å². The molecule has 0 saturated heterocycles. The third-order valence-electron chi connectivity index (χ3n) is 3.83. The lowest BCUT2D eigenvalue weighted by Crippen LogP contribution is -2.16. The Morgan fingerprint density at radius 1 is 1.20 bits per heavy atom. The lowest BCUT2D eigenvalue weighted by atomic mass is 10.2. The summed E-state index contributed by atoms with van der Waals surface area (Å²) in [5, 5.41) is 0.546. The smallest absolute Gasteiger partial charge is 0.264 e. The molecular weight excluding hydrogens is 469 g/mol. The number of halogens is 2. The molecule has 1 aromatic carbocycles. The second kappa shape index (κ2) is 9.80. The molecule has 12 heteroatoms. The van der Waals surface area contributed by atoms with Crippen LogP contribution in [0.1, 0.15) is 11.7 Å². The molecular formula is C18H17Cl2N5O3S2. The summed E-state index contributed by atoms with van der Waals surface area (Å²) in [7, 11) is -2.69. The average molecular weight is 486 g/mol. The minimum atomic E-state index is -4.06. The van der Waals surface area contributed by atoms with Gasteiger partial charge in [0.15, 0.2) is 0 Å². The second-order valence-corrected chi connectivity index (χ2v) is 9.37. The maximum absolute atomic E-state index is 12.7. The van der Waals surface area contributed by atoms with Crippen LogP contribution in [0.3, 0.4) is 0 Å². The molecule has 0 amide bonds. The molecule has 3 aromatic rings. The van der Waals surface area contributed by atoms with E-state index in [1.165, 1.54) is 43.3 Å². The molecule has 0 saturated carbocycles. The zero-order chi connectivity index (χ0) is 21.7. The number of anilines is 1. The van der Waals surface area contributed by atoms with Gasteiger partial charge in [-0.1, -0.05) is 35.3 Å². The van der Waals surface area contributed by atoms with Crippen molar-refractivity contribution in [3.8, 4) is 5.88 Å². The predicted molar refractivity (Wildman–Crippen MR) is 118 cm³/mol. The van der Waals surface area contributed by atoms with Crippen LogP contribution >= 0.6 is 35.0 Å². The number of benzene rings is 1. The fourth-order valence-electron chi connectivity index (χ4n) is 2.37. The number of pyridine rings is 1. The summed E-state index contributed by atoms with van der Waals surface area (Å²) < 4.78 is 32.9. The first-order valence-corrected chi connectivity index (χ1v) is 11.7. The molecule has 158 valence electrons. The van der Waals surface area contributed by atoms with Gasteiger partial charge in [0.2, 0.25) is 5.82 Å². The first-order chi connectivity index (χ1) is 14.3. The highest BCUT2D eigenvalue weighted by atomic mass is 35.5. The van der Waals surface area contributed by atoms with Crippen LogP contribution in [0.2, 0.25) is 10.0 Å². The van der Waals surface area contributed by atoms with Crippen molar-refractivity contribution < 1.29 is 13.2 Å². The minimum Gasteiger partial charge on any atom is -0.478 e. The minimum absolute atomic E-state index is 0.00753. The first kappa shape index (κ1) is 22.6. The molecule has 3 rings (SSSR count). The number of hydrogen-bond donors (Lipinski definition) is 2. The van der Waals surface area contributed by atoms with Gasteiger partial charge in [0, 0.05) is 11.9 Å². The van der Waals surface area contributed by atoms with Gasteiger partial charge in [0.05, 0.1) is 35.1 Å². The van der Waals surface area contributed by atoms with E-state index in [9.17, 15) is 8.42 Å². The zero-order valence-corrected chi connectivity index (χ0v) is 18.8. The number of methoxy groups -OCH3 is 1. The predicted octanol–water partition coefficient (Wildman–Crippen LogP) is 3.78. The van der Waals surface area contributed by atoms with E-state index in [0.29, 0.717) is 10.8 Å². The molecule has 0 aliphatic carbocycles. The molecule has 3 N–H and O–H groups in total. The van der Waals surface area contributed by atoms with Crippen LogP contribution in [0.25, 0.3) is 0 Å². The van der Waals surface area contributed by atoms with E-state index in [1.54, 1.807) is 6.20 Å². The van der Waals surface area contributed by atoms with Crippen LogP contribution in [-0.2, 0) is 10.0 Å². The zero-order valence-electron chi connectivity index (χ0n) is 15.6. The number of sulfonamides is 1. The molecule has 2 aromatic heterocycles. The Labute approximate surface area is 188 Å². The van der Waals surface area contributed by atoms with E-state index in [0.717, 1.165) is 5.69 Å². The van der Waals surface area contributed by atoms with E-state index in [1.807, 2.05) is 18.2 Å². The average Bonchev–Trinajstić information content (AvgIpc) is 2.75. The normalized spacial score (nSPS) is 12.4. The number of ether oxygens (including phenoxy) is 1. The summed E-state index contributed by atoms with van der Waals surface area (Å²) in [4.78, 5) is 12.5. The molecule has 1 atom stereocenters. The van der Waals surface area contributed by atoms with E-state index in [4.69, 9.17) is 33.7 Å². The van der Waals surface area contributed by atoms with E-state index >= 15 is 0 Å². The molecule has 0 spiro atoms. The van der Waals surface area contributed by atoms with Crippen molar-refractivity contribution in [2.45, 2.75) is 16.0 Å². The lowest BCUT2D eigenvalue weighted by Gasteiger charge is -2.13. The molecule has 30 heavy (non-hydrogen) atoms. The maximum atomic E-state index is 12.7. The first-order valence-electron chi connectivity index (χ1n) is 8.49. The molecule has 0 radical (unpaired) electrons. The highest BCUT2D eigenvalue weighted by Crippen LogP contribution is 2.32. The summed E-state index contributed by atoms with van der Waals surface area (Å²) in [6.45, 7) is 0. The fourth-order valence-corrected chi connectivity index (χ4v) is 4.93. The van der Waals surface area contributed by atoms with Crippen molar-refractivity contribution in [2.24, 2.45) is 5.73 Å². The number of nitrogens with two attached hydrogens (primary N) is 1. The Morgan fingerprint density at radius 2 is 2.00 bits per heavy atom. The molecule has 0 aliphatic rings. The Hall–Kier alpha value is -2.11. The van der Waals surface area contributed by atoms with Gasteiger partial charge in [0.1, 0.15) is 9.92 Å². The van der Waals surface area contributed by atoms with Crippen molar-refractivity contribution >= 4 is 50.8 Å². The van der Waals surface area contributed by atoms with Crippen LogP contribution in [0.15, 0.2) is 58.7 Å². The molecule has 0 fully saturated rings. The number of rotatable bonds is 8. The van der Waals surface area contributed by atoms with Crippen LogP contribution < -0.4 is 15.2 Å². The summed E-state index contributed by atoms with van der Waals surface area (Å²) in [6, 6.07) is 9.53. The third-order valence-corrected chi connectivity index (χ3v) is 7.16. The monoisotopic (exact) mass is 485 g/mol. The van der Waals surface area contributed by atoms with E-state index in [-0.39, 0.29) is 32.7 Å². The maximum Gasteiger partial charge on any atom is 0.264 e. The highest BCUT2D eigenvalue weighted by Gasteiger charge is 2.23. The molecule has 0 aliphatic heterocycles. The Bertz CT molecular complexity index is 1130. The van der Waals surface area contributed by atoms with Crippen LogP contribution in [0.4, 0.5) is 5.82 Å². The molecule has 8 nitrogen and oxygen atoms in total. The summed E-state index contributed by atoms with van der Waals surface area (Å²) in [5.74, 6) is 0.429. The van der Waals surface area contributed by atoms with Gasteiger partial charge in [-0.2, -0.15) is 0 Å². The second-order valence-electron chi connectivity index (χ2n) is 5.90. The van der Waals surface area contributed by atoms with Gasteiger partial charge < -0.3 is 10.5 Å². The topological polar surface area (TPSA) is 120 Å². The van der Waals surface area contributed by atoms with Crippen LogP contribution in [0, 0.1) is 0 Å². The number of nitrogens with one attached hydrogen (secondary N) is 1. The quantitative estimate of drug-likeness (QED) is 0.462. The van der Waals surface area contributed by atoms with Crippen molar-refractivity contribution in [3.05, 3.63) is 64.5 Å². The van der Waals surface area contributed by atoms with Gasteiger partial charge in [0.25, 0.3) is 15.9 Å². The number of aromatic nitrogens is 3. The number of hydrogen-bond acceptors (Lipinski definition) is 8. The Balaban J connectivity index is 1.76. The van der Waals surface area contributed by atoms with Gasteiger partial charge in [-0.05, 0) is 24.3 Å². The largest absolute Gasteiger partial charge is 0.478 e. The third kappa shape index (κ3) is 5.32. The molecule has 2 heterocycles. The molecule has 1 unspecified atom stereocenters. The standard InChI is InChI=1S/C18H17Cl2N5O3S2/c1-28-18-17(25-30(26,27)14-7-4-5-11(19)16(14)20)23-9-15(24-18)29-10-12(21)13-6-2-3-8-22-13/h2-9,12H,10,21H2,1H3,(H,23,25). The number of thioether (sulfide) groups is 1. The van der Waals surface area contributed by atoms with Crippen molar-refractivity contribution in [1.82, 2.24) is 15.0 Å². The number of nitrogens with zero attached hydrogens (tertiary/aromatic N) is 3. The Morgan fingerprint density at radius 3 is 2.70 bits per heavy atom.